The zero-order chi connectivity index (χ0) is 19.0. The number of para-hydroxylation sites is 1. The Bertz CT molecular complexity index is 973. The van der Waals surface area contributed by atoms with E-state index in [0.29, 0.717) is 0 Å². The summed E-state index contributed by atoms with van der Waals surface area (Å²) >= 11 is 0. The number of nitrogens with zero attached hydrogens (tertiary/aromatic N) is 4. The fourth-order valence-electron chi connectivity index (χ4n) is 3.91. The highest BCUT2D eigenvalue weighted by Gasteiger charge is 2.27. The van der Waals surface area contributed by atoms with Gasteiger partial charge in [0.2, 0.25) is 0 Å². The van der Waals surface area contributed by atoms with E-state index in [1.807, 2.05) is 41.9 Å². The number of pyridine rings is 1. The number of benzene rings is 1. The van der Waals surface area contributed by atoms with E-state index < -0.39 is 0 Å². The zero-order valence-electron chi connectivity index (χ0n) is 16.0. The fraction of sp³-hybridized carbons (Fsp3) is 0.381. The van der Waals surface area contributed by atoms with Crippen LogP contribution in [0.1, 0.15) is 24.1 Å². The molecule has 0 radical (unpaired) electrons. The van der Waals surface area contributed by atoms with Crippen molar-refractivity contribution >= 4 is 22.8 Å². The van der Waals surface area contributed by atoms with Gasteiger partial charge in [-0.15, -0.1) is 0 Å². The van der Waals surface area contributed by atoms with Crippen LogP contribution in [-0.4, -0.2) is 40.9 Å². The molecule has 27 heavy (non-hydrogen) atoms. The molecule has 4 rings (SSSR count). The molecule has 2 aromatic heterocycles. The molecule has 0 spiro atoms. The highest BCUT2D eigenvalue weighted by Crippen LogP contribution is 2.29. The second-order valence-corrected chi connectivity index (χ2v) is 7.11. The molecule has 1 saturated heterocycles. The third-order valence-corrected chi connectivity index (χ3v) is 5.35. The number of ether oxygens (including phenoxy) is 1. The number of hydrogen-bond donors (Lipinski definition) is 0. The third-order valence-electron chi connectivity index (χ3n) is 5.35. The Labute approximate surface area is 158 Å². The average molecular weight is 364 g/mol. The quantitative estimate of drug-likeness (QED) is 0.667. The lowest BCUT2D eigenvalue weighted by Crippen LogP contribution is -2.37. The van der Waals surface area contributed by atoms with E-state index in [9.17, 15) is 4.79 Å². The van der Waals surface area contributed by atoms with E-state index in [-0.39, 0.29) is 11.9 Å². The van der Waals surface area contributed by atoms with Crippen molar-refractivity contribution in [1.82, 2.24) is 14.8 Å². The van der Waals surface area contributed by atoms with Crippen LogP contribution in [0.2, 0.25) is 0 Å². The first-order chi connectivity index (χ1) is 13.1. The van der Waals surface area contributed by atoms with Crippen LogP contribution in [0.25, 0.3) is 16.7 Å². The number of piperidine rings is 1. The van der Waals surface area contributed by atoms with Crippen molar-refractivity contribution in [2.75, 3.05) is 25.1 Å². The topological polar surface area (TPSA) is 60.2 Å². The predicted octanol–water partition coefficient (Wildman–Crippen LogP) is 3.43. The third kappa shape index (κ3) is 3.16. The van der Waals surface area contributed by atoms with E-state index >= 15 is 0 Å². The monoisotopic (exact) mass is 364 g/mol. The van der Waals surface area contributed by atoms with Crippen molar-refractivity contribution in [1.29, 1.82) is 0 Å². The second kappa shape index (κ2) is 7.02. The fourth-order valence-corrected chi connectivity index (χ4v) is 3.91. The van der Waals surface area contributed by atoms with Gasteiger partial charge in [-0.05, 0) is 50.5 Å². The molecule has 0 N–H and O–H groups in total. The van der Waals surface area contributed by atoms with Gasteiger partial charge < -0.3 is 9.64 Å². The van der Waals surface area contributed by atoms with Crippen molar-refractivity contribution in [2.24, 2.45) is 5.92 Å². The lowest BCUT2D eigenvalue weighted by molar-refractivity contribution is -0.146. The number of esters is 1. The van der Waals surface area contributed by atoms with Crippen LogP contribution in [0.15, 0.2) is 36.4 Å². The highest BCUT2D eigenvalue weighted by molar-refractivity contribution is 5.85. The minimum absolute atomic E-state index is 0.00632. The number of hydrogen-bond acceptors (Lipinski definition) is 5. The van der Waals surface area contributed by atoms with Gasteiger partial charge in [0, 0.05) is 18.5 Å². The normalized spacial score (nSPS) is 15.3. The maximum Gasteiger partial charge on any atom is 0.308 e. The van der Waals surface area contributed by atoms with Gasteiger partial charge in [-0.2, -0.15) is 5.10 Å². The smallest absolute Gasteiger partial charge is 0.308 e. The van der Waals surface area contributed by atoms with Gasteiger partial charge in [-0.25, -0.2) is 9.67 Å². The van der Waals surface area contributed by atoms with Crippen molar-refractivity contribution in [3.63, 3.8) is 0 Å². The van der Waals surface area contributed by atoms with Crippen molar-refractivity contribution in [2.45, 2.75) is 26.7 Å². The zero-order valence-corrected chi connectivity index (χ0v) is 16.0. The Morgan fingerprint density at radius 3 is 2.52 bits per heavy atom. The van der Waals surface area contributed by atoms with Gasteiger partial charge in [-0.3, -0.25) is 4.79 Å². The maximum absolute atomic E-state index is 11.8. The molecule has 0 saturated carbocycles. The molecule has 1 aliphatic heterocycles. The molecule has 3 heterocycles. The first kappa shape index (κ1) is 17.5. The van der Waals surface area contributed by atoms with E-state index in [1.165, 1.54) is 12.7 Å². The van der Waals surface area contributed by atoms with E-state index in [2.05, 4.69) is 17.9 Å². The van der Waals surface area contributed by atoms with E-state index in [0.717, 1.165) is 54.2 Å². The average Bonchev–Trinajstić information content (AvgIpc) is 3.05. The number of carbonyl (C=O) groups is 1. The number of fused-ring (bicyclic) bond motifs is 1. The molecule has 0 aliphatic carbocycles. The summed E-state index contributed by atoms with van der Waals surface area (Å²) in [6.07, 6.45) is 1.59. The largest absolute Gasteiger partial charge is 0.469 e. The summed E-state index contributed by atoms with van der Waals surface area (Å²) in [5, 5.41) is 5.83. The van der Waals surface area contributed by atoms with Crippen LogP contribution >= 0.6 is 0 Å². The molecule has 6 heteroatoms. The van der Waals surface area contributed by atoms with Crippen LogP contribution in [0.4, 0.5) is 5.82 Å². The van der Waals surface area contributed by atoms with Gasteiger partial charge in [-0.1, -0.05) is 18.2 Å². The molecule has 0 bridgehead atoms. The Balaban J connectivity index is 1.70. The predicted molar refractivity (Wildman–Crippen MR) is 105 cm³/mol. The molecule has 1 aliphatic rings. The number of aromatic nitrogens is 3. The number of rotatable bonds is 3. The first-order valence-electron chi connectivity index (χ1n) is 9.33. The molecule has 1 aromatic carbocycles. The molecule has 1 fully saturated rings. The highest BCUT2D eigenvalue weighted by atomic mass is 16.5. The lowest BCUT2D eigenvalue weighted by Gasteiger charge is -2.31. The summed E-state index contributed by atoms with van der Waals surface area (Å²) in [7, 11) is 1.46. The van der Waals surface area contributed by atoms with Gasteiger partial charge in [0.15, 0.2) is 5.65 Å². The SMILES string of the molecule is COC(=O)C1CCN(c2cc(C)c3c(C)nn(-c4ccccc4)c3n2)CC1. The summed E-state index contributed by atoms with van der Waals surface area (Å²) in [5.74, 6) is 0.834. The van der Waals surface area contributed by atoms with Gasteiger partial charge in [0.25, 0.3) is 0 Å². The molecule has 140 valence electrons. The van der Waals surface area contributed by atoms with Crippen molar-refractivity contribution < 1.29 is 9.53 Å². The van der Waals surface area contributed by atoms with E-state index in [4.69, 9.17) is 14.8 Å². The van der Waals surface area contributed by atoms with Crippen LogP contribution in [0.3, 0.4) is 0 Å². The van der Waals surface area contributed by atoms with Crippen LogP contribution in [0.5, 0.6) is 0 Å². The Morgan fingerprint density at radius 2 is 1.85 bits per heavy atom. The molecule has 0 atom stereocenters. The van der Waals surface area contributed by atoms with Crippen LogP contribution in [-0.2, 0) is 9.53 Å². The summed E-state index contributed by atoms with van der Waals surface area (Å²) in [4.78, 5) is 19.0. The second-order valence-electron chi connectivity index (χ2n) is 7.11. The number of anilines is 1. The molecular formula is C21H24N4O2. The van der Waals surface area contributed by atoms with Gasteiger partial charge in [0.1, 0.15) is 5.82 Å². The number of carbonyl (C=O) groups excluding carboxylic acids is 1. The summed E-state index contributed by atoms with van der Waals surface area (Å²) in [5.41, 5.74) is 4.03. The number of methoxy groups -OCH3 is 1. The molecule has 0 unspecified atom stereocenters. The Hall–Kier alpha value is -2.89. The van der Waals surface area contributed by atoms with Crippen molar-refractivity contribution in [3.05, 3.63) is 47.7 Å². The summed E-state index contributed by atoms with van der Waals surface area (Å²) in [6, 6.07) is 12.2. The Morgan fingerprint density at radius 1 is 1.15 bits per heavy atom. The minimum atomic E-state index is -0.105. The summed E-state index contributed by atoms with van der Waals surface area (Å²) < 4.78 is 6.81. The molecule has 0 amide bonds. The molecule has 3 aromatic rings. The van der Waals surface area contributed by atoms with E-state index in [1.54, 1.807) is 0 Å². The van der Waals surface area contributed by atoms with Crippen LogP contribution in [0, 0.1) is 19.8 Å². The Kier molecular flexibility index (Phi) is 4.56. The minimum Gasteiger partial charge on any atom is -0.469 e. The maximum atomic E-state index is 11.8. The standard InChI is InChI=1S/C21H24N4O2/c1-14-13-18(24-11-9-16(10-12-24)21(26)27-3)22-20-19(14)15(2)23-25(20)17-7-5-4-6-8-17/h4-8,13,16H,9-12H2,1-3H3. The summed E-state index contributed by atoms with van der Waals surface area (Å²) in [6.45, 7) is 5.74. The molecule has 6 nitrogen and oxygen atoms in total. The first-order valence-corrected chi connectivity index (χ1v) is 9.33. The van der Waals surface area contributed by atoms with Gasteiger partial charge in [0.05, 0.1) is 24.4 Å². The van der Waals surface area contributed by atoms with Crippen molar-refractivity contribution in [3.8, 4) is 5.69 Å². The lowest BCUT2D eigenvalue weighted by atomic mass is 9.97. The van der Waals surface area contributed by atoms with Crippen LogP contribution < -0.4 is 4.90 Å². The van der Waals surface area contributed by atoms with Gasteiger partial charge >= 0.3 is 5.97 Å². The molecular weight excluding hydrogens is 340 g/mol. The number of aryl methyl sites for hydroxylation is 2.